The summed E-state index contributed by atoms with van der Waals surface area (Å²) in [5.74, 6) is -1.74. The fraction of sp³-hybridized carbons (Fsp3) is 0.286. The van der Waals surface area contributed by atoms with Gasteiger partial charge in [-0.3, -0.25) is 9.59 Å². The summed E-state index contributed by atoms with van der Waals surface area (Å²) in [5, 5.41) is 12.0. The zero-order valence-electron chi connectivity index (χ0n) is 15.8. The highest BCUT2D eigenvalue weighted by atomic mass is 16.4. The number of benzene rings is 2. The van der Waals surface area contributed by atoms with Crippen molar-refractivity contribution in [3.05, 3.63) is 64.7 Å². The van der Waals surface area contributed by atoms with Gasteiger partial charge in [-0.05, 0) is 55.7 Å². The maximum absolute atomic E-state index is 12.9. The number of nitrogens with one attached hydrogen (secondary N) is 1. The Morgan fingerprint density at radius 2 is 1.70 bits per heavy atom. The normalized spacial score (nSPS) is 10.3. The van der Waals surface area contributed by atoms with E-state index in [0.717, 1.165) is 5.56 Å². The minimum absolute atomic E-state index is 0.0548. The third-order valence-corrected chi connectivity index (χ3v) is 4.11. The molecule has 0 saturated heterocycles. The van der Waals surface area contributed by atoms with Crippen LogP contribution >= 0.6 is 0 Å². The van der Waals surface area contributed by atoms with E-state index in [4.69, 9.17) is 0 Å². The summed E-state index contributed by atoms with van der Waals surface area (Å²) in [5.41, 5.74) is 2.64. The zero-order valence-corrected chi connectivity index (χ0v) is 15.8. The van der Waals surface area contributed by atoms with Crippen LogP contribution in [0.4, 0.5) is 5.69 Å². The molecule has 6 nitrogen and oxygen atoms in total. The summed E-state index contributed by atoms with van der Waals surface area (Å²) >= 11 is 0. The summed E-state index contributed by atoms with van der Waals surface area (Å²) in [7, 11) is 0. The second-order valence-corrected chi connectivity index (χ2v) is 6.48. The summed E-state index contributed by atoms with van der Waals surface area (Å²) in [6, 6.07) is 11.9. The van der Waals surface area contributed by atoms with Crippen LogP contribution in [0.15, 0.2) is 42.5 Å². The third-order valence-electron chi connectivity index (χ3n) is 4.11. The average Bonchev–Trinajstić information content (AvgIpc) is 2.62. The van der Waals surface area contributed by atoms with Crippen LogP contribution in [-0.4, -0.2) is 40.9 Å². The Kier molecular flexibility index (Phi) is 6.71. The molecule has 0 aliphatic heterocycles. The van der Waals surface area contributed by atoms with Crippen molar-refractivity contribution in [3.8, 4) is 0 Å². The lowest BCUT2D eigenvalue weighted by molar-refractivity contribution is -0.116. The molecular weight excluding hydrogens is 344 g/mol. The molecule has 0 atom stereocenters. The second-order valence-electron chi connectivity index (χ2n) is 6.48. The molecule has 0 spiro atoms. The van der Waals surface area contributed by atoms with Gasteiger partial charge in [0.05, 0.1) is 5.56 Å². The van der Waals surface area contributed by atoms with E-state index in [1.54, 1.807) is 19.1 Å². The van der Waals surface area contributed by atoms with Gasteiger partial charge in [0, 0.05) is 17.8 Å². The lowest BCUT2D eigenvalue weighted by Crippen LogP contribution is -2.38. The number of anilines is 1. The van der Waals surface area contributed by atoms with Gasteiger partial charge in [-0.25, -0.2) is 4.79 Å². The first-order chi connectivity index (χ1) is 12.8. The number of aromatic carboxylic acids is 1. The molecule has 0 unspecified atom stereocenters. The van der Waals surface area contributed by atoms with Crippen LogP contribution in [0.2, 0.25) is 0 Å². The molecule has 6 heteroatoms. The Bertz CT molecular complexity index is 861. The van der Waals surface area contributed by atoms with Gasteiger partial charge in [0.2, 0.25) is 5.91 Å². The number of carbonyl (C=O) groups excluding carboxylic acids is 2. The fourth-order valence-corrected chi connectivity index (χ4v) is 2.81. The van der Waals surface area contributed by atoms with Gasteiger partial charge in [-0.2, -0.15) is 0 Å². The van der Waals surface area contributed by atoms with Crippen molar-refractivity contribution in [1.82, 2.24) is 4.90 Å². The highest BCUT2D eigenvalue weighted by Gasteiger charge is 2.20. The quantitative estimate of drug-likeness (QED) is 0.783. The standard InChI is InChI=1S/C21H24N2O4/c1-4-9-23(13-19(24)22-18-8-6-5-7-15(18)3)20(25)16-10-14(2)11-17(12-16)21(26)27/h5-8,10-12H,4,9,13H2,1-3H3,(H,22,24)(H,26,27). The number of para-hydroxylation sites is 1. The van der Waals surface area contributed by atoms with E-state index < -0.39 is 5.97 Å². The van der Waals surface area contributed by atoms with Crippen molar-refractivity contribution in [2.75, 3.05) is 18.4 Å². The second kappa shape index (κ2) is 8.98. The first-order valence-electron chi connectivity index (χ1n) is 8.81. The molecule has 0 saturated carbocycles. The van der Waals surface area contributed by atoms with Gasteiger partial charge in [0.15, 0.2) is 0 Å². The van der Waals surface area contributed by atoms with Crippen LogP contribution in [0.5, 0.6) is 0 Å². The molecule has 0 fully saturated rings. The fourth-order valence-electron chi connectivity index (χ4n) is 2.81. The first kappa shape index (κ1) is 20.2. The van der Waals surface area contributed by atoms with E-state index in [0.29, 0.717) is 24.2 Å². The van der Waals surface area contributed by atoms with Crippen molar-refractivity contribution < 1.29 is 19.5 Å². The van der Waals surface area contributed by atoms with E-state index in [9.17, 15) is 19.5 Å². The maximum atomic E-state index is 12.9. The smallest absolute Gasteiger partial charge is 0.335 e. The van der Waals surface area contributed by atoms with E-state index in [2.05, 4.69) is 5.32 Å². The number of amides is 2. The lowest BCUT2D eigenvalue weighted by atomic mass is 10.1. The number of rotatable bonds is 7. The molecule has 2 N–H and O–H groups in total. The van der Waals surface area contributed by atoms with E-state index >= 15 is 0 Å². The Hall–Kier alpha value is -3.15. The summed E-state index contributed by atoms with van der Waals surface area (Å²) in [4.78, 5) is 38.0. The number of nitrogens with zero attached hydrogens (tertiary/aromatic N) is 1. The minimum atomic E-state index is -1.09. The molecule has 142 valence electrons. The molecule has 0 aromatic heterocycles. The number of hydrogen-bond acceptors (Lipinski definition) is 3. The molecule has 2 amide bonds. The third kappa shape index (κ3) is 5.41. The summed E-state index contributed by atoms with van der Waals surface area (Å²) in [6.45, 7) is 5.84. The van der Waals surface area contributed by atoms with Gasteiger partial charge in [-0.15, -0.1) is 0 Å². The monoisotopic (exact) mass is 368 g/mol. The van der Waals surface area contributed by atoms with Gasteiger partial charge < -0.3 is 15.3 Å². The van der Waals surface area contributed by atoms with Crippen LogP contribution in [0.1, 0.15) is 45.2 Å². The molecule has 0 aliphatic rings. The van der Waals surface area contributed by atoms with Crippen molar-refractivity contribution in [2.24, 2.45) is 0 Å². The zero-order chi connectivity index (χ0) is 20.0. The highest BCUT2D eigenvalue weighted by molar-refractivity contribution is 6.01. The van der Waals surface area contributed by atoms with Gasteiger partial charge in [0.25, 0.3) is 5.91 Å². The van der Waals surface area contributed by atoms with Gasteiger partial charge in [0.1, 0.15) is 6.54 Å². The van der Waals surface area contributed by atoms with E-state index in [1.165, 1.54) is 17.0 Å². The predicted molar refractivity (Wildman–Crippen MR) is 104 cm³/mol. The van der Waals surface area contributed by atoms with Crippen molar-refractivity contribution in [3.63, 3.8) is 0 Å². The molecular formula is C21H24N2O4. The van der Waals surface area contributed by atoms with Crippen LogP contribution in [0.3, 0.4) is 0 Å². The largest absolute Gasteiger partial charge is 0.478 e. The molecule has 0 bridgehead atoms. The molecule has 0 heterocycles. The molecule has 2 aromatic carbocycles. The van der Waals surface area contributed by atoms with Gasteiger partial charge >= 0.3 is 5.97 Å². The predicted octanol–water partition coefficient (Wildman–Crippen LogP) is 3.49. The number of carboxylic acid groups (broad SMARTS) is 1. The molecule has 2 aromatic rings. The minimum Gasteiger partial charge on any atom is -0.478 e. The topological polar surface area (TPSA) is 86.7 Å². The number of aryl methyl sites for hydroxylation is 2. The Morgan fingerprint density at radius 3 is 2.33 bits per heavy atom. The number of carbonyl (C=O) groups is 3. The molecule has 0 aliphatic carbocycles. The Balaban J connectivity index is 2.19. The Labute approximate surface area is 158 Å². The van der Waals surface area contributed by atoms with E-state index in [1.807, 2.05) is 32.0 Å². The molecule has 2 rings (SSSR count). The Morgan fingerprint density at radius 1 is 1.04 bits per heavy atom. The van der Waals surface area contributed by atoms with Gasteiger partial charge in [-0.1, -0.05) is 25.1 Å². The van der Waals surface area contributed by atoms with Crippen molar-refractivity contribution in [2.45, 2.75) is 27.2 Å². The lowest BCUT2D eigenvalue weighted by Gasteiger charge is -2.22. The molecule has 0 radical (unpaired) electrons. The summed E-state index contributed by atoms with van der Waals surface area (Å²) in [6.07, 6.45) is 0.682. The van der Waals surface area contributed by atoms with Crippen LogP contribution < -0.4 is 5.32 Å². The number of hydrogen-bond donors (Lipinski definition) is 2. The van der Waals surface area contributed by atoms with E-state index in [-0.39, 0.29) is 29.5 Å². The molecule has 27 heavy (non-hydrogen) atoms. The summed E-state index contributed by atoms with van der Waals surface area (Å²) < 4.78 is 0. The first-order valence-corrected chi connectivity index (χ1v) is 8.81. The van der Waals surface area contributed by atoms with Crippen LogP contribution in [-0.2, 0) is 4.79 Å². The van der Waals surface area contributed by atoms with Crippen LogP contribution in [0.25, 0.3) is 0 Å². The SMILES string of the molecule is CCCN(CC(=O)Nc1ccccc1C)C(=O)c1cc(C)cc(C(=O)O)c1. The van der Waals surface area contributed by atoms with Crippen molar-refractivity contribution >= 4 is 23.5 Å². The number of carboxylic acids is 1. The average molecular weight is 368 g/mol. The maximum Gasteiger partial charge on any atom is 0.335 e. The van der Waals surface area contributed by atoms with Crippen molar-refractivity contribution in [1.29, 1.82) is 0 Å². The van der Waals surface area contributed by atoms with Crippen LogP contribution in [0, 0.1) is 13.8 Å². The highest BCUT2D eigenvalue weighted by Crippen LogP contribution is 2.15.